The topological polar surface area (TPSA) is 91.9 Å². The van der Waals surface area contributed by atoms with Gasteiger partial charge in [-0.2, -0.15) is 4.98 Å². The lowest BCUT2D eigenvalue weighted by Gasteiger charge is -2.40. The highest BCUT2D eigenvalue weighted by Crippen LogP contribution is 2.36. The molecule has 4 rings (SSSR count). The van der Waals surface area contributed by atoms with Crippen LogP contribution in [0.2, 0.25) is 0 Å². The predicted molar refractivity (Wildman–Crippen MR) is 120 cm³/mol. The fraction of sp³-hybridized carbons (Fsp3) is 0.625. The van der Waals surface area contributed by atoms with Crippen molar-refractivity contribution < 1.29 is 19.2 Å². The zero-order chi connectivity index (χ0) is 22.5. The Hall–Kier alpha value is -2.45. The van der Waals surface area contributed by atoms with E-state index in [1.54, 1.807) is 7.11 Å². The molecule has 1 N–H and O–H groups in total. The first kappa shape index (κ1) is 22.7. The van der Waals surface area contributed by atoms with E-state index in [9.17, 15) is 9.90 Å². The van der Waals surface area contributed by atoms with Crippen molar-refractivity contribution in [2.75, 3.05) is 39.9 Å². The molecule has 32 heavy (non-hydrogen) atoms. The first-order valence-corrected chi connectivity index (χ1v) is 11.7. The summed E-state index contributed by atoms with van der Waals surface area (Å²) < 4.78 is 10.7. The Balaban J connectivity index is 1.54. The molecule has 8 heteroatoms. The van der Waals surface area contributed by atoms with E-state index in [4.69, 9.17) is 9.26 Å². The number of piperidine rings is 2. The Labute approximate surface area is 189 Å². The van der Waals surface area contributed by atoms with E-state index in [1.807, 2.05) is 9.80 Å². The van der Waals surface area contributed by atoms with Gasteiger partial charge in [0.2, 0.25) is 5.89 Å². The van der Waals surface area contributed by atoms with E-state index in [0.29, 0.717) is 63.8 Å². The summed E-state index contributed by atoms with van der Waals surface area (Å²) in [6.45, 7) is 5.12. The minimum Gasteiger partial charge on any atom is -0.393 e. The van der Waals surface area contributed by atoms with Crippen LogP contribution in [-0.2, 0) is 17.6 Å². The summed E-state index contributed by atoms with van der Waals surface area (Å²) in [5, 5.41) is 13.9. The molecule has 0 saturated carbocycles. The van der Waals surface area contributed by atoms with Gasteiger partial charge in [0.15, 0.2) is 5.82 Å². The molecule has 0 bridgehead atoms. The molecule has 174 valence electrons. The Bertz CT molecular complexity index is 876. The van der Waals surface area contributed by atoms with E-state index < -0.39 is 0 Å². The molecular weight excluding hydrogens is 408 g/mol. The van der Waals surface area contributed by atoms with Crippen LogP contribution in [0.15, 0.2) is 28.8 Å². The van der Waals surface area contributed by atoms with E-state index in [2.05, 4.69) is 41.3 Å². The van der Waals surface area contributed by atoms with Gasteiger partial charge in [0.05, 0.1) is 18.6 Å². The summed E-state index contributed by atoms with van der Waals surface area (Å²) in [6, 6.07) is 8.75. The second-order valence-electron chi connectivity index (χ2n) is 8.92. The molecule has 2 fully saturated rings. The molecule has 8 nitrogen and oxygen atoms in total. The standard InChI is InChI=1S/C24H34N4O4/c1-3-17-4-6-18(7-5-17)19-14-20(23-25-22(26-32-23)10-13-31-2)16-28(15-19)24(30)27-11-8-21(29)9-12-27/h4-7,19-21,29H,3,8-16H2,1-2H3. The maximum atomic E-state index is 13.3. The van der Waals surface area contributed by atoms with Crippen molar-refractivity contribution in [3.63, 3.8) is 0 Å². The van der Waals surface area contributed by atoms with Crippen molar-refractivity contribution in [3.8, 4) is 0 Å². The summed E-state index contributed by atoms with van der Waals surface area (Å²) >= 11 is 0. The summed E-state index contributed by atoms with van der Waals surface area (Å²) in [5.41, 5.74) is 2.54. The molecule has 0 radical (unpaired) electrons. The number of amides is 2. The second-order valence-corrected chi connectivity index (χ2v) is 8.92. The number of aliphatic hydroxyl groups is 1. The number of urea groups is 1. The van der Waals surface area contributed by atoms with Crippen LogP contribution in [-0.4, -0.2) is 77.1 Å². The Morgan fingerprint density at radius 1 is 1.16 bits per heavy atom. The molecule has 2 aromatic rings. The summed E-state index contributed by atoms with van der Waals surface area (Å²) in [6.07, 6.45) is 3.44. The quantitative estimate of drug-likeness (QED) is 0.740. The van der Waals surface area contributed by atoms with E-state index in [-0.39, 0.29) is 24.0 Å². The van der Waals surface area contributed by atoms with E-state index >= 15 is 0 Å². The van der Waals surface area contributed by atoms with Crippen LogP contribution >= 0.6 is 0 Å². The SMILES string of the molecule is CCc1ccc(C2CC(c3nc(CCOC)no3)CN(C(=O)N3CCC(O)CC3)C2)cc1. The van der Waals surface area contributed by atoms with Crippen molar-refractivity contribution in [2.24, 2.45) is 0 Å². The number of hydrogen-bond donors (Lipinski definition) is 1. The van der Waals surface area contributed by atoms with Gasteiger partial charge in [-0.25, -0.2) is 4.79 Å². The molecule has 1 aromatic heterocycles. The maximum Gasteiger partial charge on any atom is 0.320 e. The number of hydrogen-bond acceptors (Lipinski definition) is 6. The fourth-order valence-corrected chi connectivity index (χ4v) is 4.69. The summed E-state index contributed by atoms with van der Waals surface area (Å²) in [4.78, 5) is 21.7. The smallest absolute Gasteiger partial charge is 0.320 e. The number of ether oxygens (including phenoxy) is 1. The second kappa shape index (κ2) is 10.4. The zero-order valence-electron chi connectivity index (χ0n) is 19.1. The Morgan fingerprint density at radius 3 is 2.56 bits per heavy atom. The molecule has 2 unspecified atom stereocenters. The minimum absolute atomic E-state index is 0.0114. The van der Waals surface area contributed by atoms with Crippen LogP contribution in [0.3, 0.4) is 0 Å². The molecule has 0 spiro atoms. The number of benzene rings is 1. The number of rotatable bonds is 6. The number of likely N-dealkylation sites (tertiary alicyclic amines) is 2. The predicted octanol–water partition coefficient (Wildman–Crippen LogP) is 2.97. The van der Waals surface area contributed by atoms with Crippen molar-refractivity contribution in [1.29, 1.82) is 0 Å². The van der Waals surface area contributed by atoms with Crippen LogP contribution in [0.4, 0.5) is 4.79 Å². The number of aromatic nitrogens is 2. The van der Waals surface area contributed by atoms with Crippen LogP contribution in [0.5, 0.6) is 0 Å². The average Bonchev–Trinajstić information content (AvgIpc) is 3.31. The van der Waals surface area contributed by atoms with Crippen molar-refractivity contribution >= 4 is 6.03 Å². The van der Waals surface area contributed by atoms with Gasteiger partial charge in [0, 0.05) is 45.6 Å². The van der Waals surface area contributed by atoms with Gasteiger partial charge in [-0.15, -0.1) is 0 Å². The molecule has 3 heterocycles. The number of aryl methyl sites for hydroxylation is 1. The summed E-state index contributed by atoms with van der Waals surface area (Å²) in [7, 11) is 1.65. The van der Waals surface area contributed by atoms with Gasteiger partial charge in [-0.05, 0) is 36.8 Å². The average molecular weight is 443 g/mol. The van der Waals surface area contributed by atoms with Crippen molar-refractivity contribution in [1.82, 2.24) is 19.9 Å². The molecule has 2 saturated heterocycles. The molecule has 2 amide bonds. The fourth-order valence-electron chi connectivity index (χ4n) is 4.69. The van der Waals surface area contributed by atoms with Crippen molar-refractivity contribution in [3.05, 3.63) is 47.1 Å². The van der Waals surface area contributed by atoms with Gasteiger partial charge in [0.25, 0.3) is 0 Å². The normalized spacial score (nSPS) is 22.3. The Kier molecular flexibility index (Phi) is 7.42. The lowest BCUT2D eigenvalue weighted by atomic mass is 9.84. The summed E-state index contributed by atoms with van der Waals surface area (Å²) in [5.74, 6) is 1.42. The van der Waals surface area contributed by atoms with Crippen LogP contribution in [0.25, 0.3) is 0 Å². The van der Waals surface area contributed by atoms with Gasteiger partial charge in [-0.1, -0.05) is 36.3 Å². The third-order valence-electron chi connectivity index (χ3n) is 6.68. The lowest BCUT2D eigenvalue weighted by molar-refractivity contribution is 0.0744. The monoisotopic (exact) mass is 442 g/mol. The first-order chi connectivity index (χ1) is 15.6. The molecule has 2 aliphatic rings. The molecule has 0 aliphatic carbocycles. The third kappa shape index (κ3) is 5.30. The highest BCUT2D eigenvalue weighted by atomic mass is 16.5. The lowest BCUT2D eigenvalue weighted by Crippen LogP contribution is -2.51. The van der Waals surface area contributed by atoms with Gasteiger partial charge in [0.1, 0.15) is 0 Å². The first-order valence-electron chi connectivity index (χ1n) is 11.7. The van der Waals surface area contributed by atoms with Crippen LogP contribution < -0.4 is 0 Å². The highest BCUT2D eigenvalue weighted by molar-refractivity contribution is 5.75. The molecule has 2 atom stereocenters. The molecule has 2 aliphatic heterocycles. The largest absolute Gasteiger partial charge is 0.393 e. The van der Waals surface area contributed by atoms with Gasteiger partial charge >= 0.3 is 6.03 Å². The van der Waals surface area contributed by atoms with Gasteiger partial charge < -0.3 is 24.2 Å². The van der Waals surface area contributed by atoms with Crippen molar-refractivity contribution in [2.45, 2.75) is 57.0 Å². The molecular formula is C24H34N4O4. The number of methoxy groups -OCH3 is 1. The minimum atomic E-state index is -0.304. The number of nitrogens with zero attached hydrogens (tertiary/aromatic N) is 4. The Morgan fingerprint density at radius 2 is 1.88 bits per heavy atom. The molecule has 1 aromatic carbocycles. The van der Waals surface area contributed by atoms with Crippen LogP contribution in [0.1, 0.15) is 60.9 Å². The highest BCUT2D eigenvalue weighted by Gasteiger charge is 2.36. The van der Waals surface area contributed by atoms with E-state index in [0.717, 1.165) is 12.8 Å². The van der Waals surface area contributed by atoms with E-state index in [1.165, 1.54) is 11.1 Å². The van der Waals surface area contributed by atoms with Crippen LogP contribution in [0, 0.1) is 0 Å². The number of carbonyl (C=O) groups excluding carboxylic acids is 1. The maximum absolute atomic E-state index is 13.3. The third-order valence-corrected chi connectivity index (χ3v) is 6.68. The number of aliphatic hydroxyl groups excluding tert-OH is 1. The number of carbonyl (C=O) groups is 1. The van der Waals surface area contributed by atoms with Gasteiger partial charge in [-0.3, -0.25) is 0 Å². The zero-order valence-corrected chi connectivity index (χ0v) is 19.1.